The Kier molecular flexibility index (Phi) is 3.96. The Bertz CT molecular complexity index is 716. The Hall–Kier alpha value is -1.66. The molecule has 1 spiro atoms. The molecule has 5 nitrogen and oxygen atoms in total. The molecule has 6 heteroatoms. The summed E-state index contributed by atoms with van der Waals surface area (Å²) in [6, 6.07) is 2.48. The van der Waals surface area contributed by atoms with Crippen molar-refractivity contribution in [2.45, 2.75) is 38.8 Å². The molecule has 2 fully saturated rings. The molecular formula is C18H23N3O2S. The Balaban J connectivity index is 1.34. The fraction of sp³-hybridized carbons (Fsp3) is 0.556. The number of likely N-dealkylation sites (tertiary alicyclic amines) is 1. The van der Waals surface area contributed by atoms with Crippen molar-refractivity contribution in [2.24, 2.45) is 5.41 Å². The van der Waals surface area contributed by atoms with Gasteiger partial charge in [0.2, 0.25) is 0 Å². The van der Waals surface area contributed by atoms with E-state index in [0.717, 1.165) is 38.0 Å². The second kappa shape index (κ2) is 6.01. The van der Waals surface area contributed by atoms with Gasteiger partial charge in [0.05, 0.1) is 12.8 Å². The Morgan fingerprint density at radius 1 is 1.50 bits per heavy atom. The van der Waals surface area contributed by atoms with Crippen molar-refractivity contribution in [1.29, 1.82) is 0 Å². The summed E-state index contributed by atoms with van der Waals surface area (Å²) in [5, 5.41) is 3.22. The lowest BCUT2D eigenvalue weighted by Gasteiger charge is -2.33. The van der Waals surface area contributed by atoms with Gasteiger partial charge in [-0.15, -0.1) is 11.3 Å². The molecule has 0 N–H and O–H groups in total. The quantitative estimate of drug-likeness (QED) is 0.854. The lowest BCUT2D eigenvalue weighted by molar-refractivity contribution is 0.0625. The minimum atomic E-state index is 0.0423. The minimum absolute atomic E-state index is 0.0423. The molecule has 1 saturated heterocycles. The van der Waals surface area contributed by atoms with Crippen molar-refractivity contribution < 1.29 is 9.21 Å². The van der Waals surface area contributed by atoms with Gasteiger partial charge in [-0.1, -0.05) is 0 Å². The summed E-state index contributed by atoms with van der Waals surface area (Å²) < 4.78 is 5.36. The number of piperidine rings is 1. The molecule has 0 unspecified atom stereocenters. The summed E-state index contributed by atoms with van der Waals surface area (Å²) in [4.78, 5) is 21.3. The van der Waals surface area contributed by atoms with Gasteiger partial charge < -0.3 is 9.32 Å². The van der Waals surface area contributed by atoms with Gasteiger partial charge in [0.25, 0.3) is 5.91 Å². The third-order valence-corrected chi connectivity index (χ3v) is 6.41. The van der Waals surface area contributed by atoms with E-state index in [1.165, 1.54) is 11.4 Å². The number of aryl methyl sites for hydroxylation is 1. The molecular weight excluding hydrogens is 322 g/mol. The number of nitrogens with zero attached hydrogens (tertiary/aromatic N) is 3. The zero-order valence-corrected chi connectivity index (χ0v) is 15.0. The molecule has 2 aliphatic rings. The van der Waals surface area contributed by atoms with E-state index in [2.05, 4.69) is 16.9 Å². The number of thiazole rings is 1. The van der Waals surface area contributed by atoms with Crippen LogP contribution in [0, 0.1) is 12.3 Å². The van der Waals surface area contributed by atoms with Crippen LogP contribution >= 0.6 is 11.3 Å². The highest BCUT2D eigenvalue weighted by atomic mass is 32.1. The molecule has 24 heavy (non-hydrogen) atoms. The first kappa shape index (κ1) is 15.8. The molecule has 1 atom stereocenters. The van der Waals surface area contributed by atoms with Gasteiger partial charge in [-0.05, 0) is 44.7 Å². The Morgan fingerprint density at radius 3 is 2.92 bits per heavy atom. The normalized spacial score (nSPS) is 22.3. The van der Waals surface area contributed by atoms with E-state index in [-0.39, 0.29) is 5.91 Å². The van der Waals surface area contributed by atoms with E-state index in [1.54, 1.807) is 17.6 Å². The van der Waals surface area contributed by atoms with Gasteiger partial charge >= 0.3 is 0 Å². The smallest absolute Gasteiger partial charge is 0.289 e. The van der Waals surface area contributed by atoms with Crippen molar-refractivity contribution in [3.05, 3.63) is 40.2 Å². The summed E-state index contributed by atoms with van der Waals surface area (Å²) in [7, 11) is 2.20. The number of carbonyl (C=O) groups is 1. The molecule has 0 radical (unpaired) electrons. The van der Waals surface area contributed by atoms with E-state index in [1.807, 2.05) is 29.5 Å². The molecule has 0 aromatic carbocycles. The second-order valence-corrected chi connectivity index (χ2v) is 8.13. The lowest BCUT2D eigenvalue weighted by atomic mass is 9.92. The molecule has 1 aliphatic carbocycles. The average Bonchev–Trinajstić information content (AvgIpc) is 2.94. The average molecular weight is 345 g/mol. The number of furan rings is 1. The van der Waals surface area contributed by atoms with Gasteiger partial charge in [-0.3, -0.25) is 9.69 Å². The third kappa shape index (κ3) is 2.78. The van der Waals surface area contributed by atoms with Crippen LogP contribution in [0.15, 0.2) is 28.3 Å². The van der Waals surface area contributed by atoms with Crippen molar-refractivity contribution in [2.75, 3.05) is 20.1 Å². The maximum Gasteiger partial charge on any atom is 0.289 e. The van der Waals surface area contributed by atoms with Crippen LogP contribution < -0.4 is 0 Å². The van der Waals surface area contributed by atoms with Crippen LogP contribution in [0.1, 0.15) is 40.4 Å². The third-order valence-electron chi connectivity index (χ3n) is 5.65. The van der Waals surface area contributed by atoms with Crippen LogP contribution in [0.3, 0.4) is 0 Å². The van der Waals surface area contributed by atoms with Crippen LogP contribution in [0.25, 0.3) is 0 Å². The fourth-order valence-electron chi connectivity index (χ4n) is 4.03. The highest BCUT2D eigenvalue weighted by molar-refractivity contribution is 7.09. The monoisotopic (exact) mass is 345 g/mol. The predicted octanol–water partition coefficient (Wildman–Crippen LogP) is 3.17. The number of hydrogen-bond donors (Lipinski definition) is 0. The Morgan fingerprint density at radius 2 is 2.29 bits per heavy atom. The summed E-state index contributed by atoms with van der Waals surface area (Å²) in [5.41, 5.74) is 1.33. The molecule has 1 amide bonds. The molecule has 4 rings (SSSR count). The van der Waals surface area contributed by atoms with Crippen molar-refractivity contribution >= 4 is 17.2 Å². The standard InChI is InChI=1S/C18H23N3O2S/c1-13-3-9-23-16(13)17(22)21-7-4-18(5-8-21)11-14(18)20(2)12-15-19-6-10-24-15/h3,6,9-10,14H,4-5,7-8,11-12H2,1-2H3/t14-/m1/s1. The second-order valence-electron chi connectivity index (χ2n) is 7.15. The molecule has 0 bridgehead atoms. The van der Waals surface area contributed by atoms with Crippen LogP contribution in [0.5, 0.6) is 0 Å². The van der Waals surface area contributed by atoms with Crippen LogP contribution in [0.2, 0.25) is 0 Å². The molecule has 1 saturated carbocycles. The zero-order chi connectivity index (χ0) is 16.7. The highest BCUT2D eigenvalue weighted by Gasteiger charge is 2.57. The fourth-order valence-corrected chi connectivity index (χ4v) is 4.71. The van der Waals surface area contributed by atoms with Gasteiger partial charge in [-0.2, -0.15) is 0 Å². The van der Waals surface area contributed by atoms with Gasteiger partial charge in [0.1, 0.15) is 5.01 Å². The lowest BCUT2D eigenvalue weighted by Crippen LogP contribution is -2.41. The van der Waals surface area contributed by atoms with E-state index in [4.69, 9.17) is 4.42 Å². The maximum absolute atomic E-state index is 12.6. The molecule has 2 aromatic heterocycles. The summed E-state index contributed by atoms with van der Waals surface area (Å²) in [5.74, 6) is 0.542. The molecule has 2 aromatic rings. The first-order chi connectivity index (χ1) is 11.6. The predicted molar refractivity (Wildman–Crippen MR) is 93.0 cm³/mol. The van der Waals surface area contributed by atoms with E-state index in [0.29, 0.717) is 17.2 Å². The molecule has 3 heterocycles. The minimum Gasteiger partial charge on any atom is -0.459 e. The first-order valence-corrected chi connectivity index (χ1v) is 9.39. The van der Waals surface area contributed by atoms with Gasteiger partial charge in [0.15, 0.2) is 5.76 Å². The van der Waals surface area contributed by atoms with Crippen LogP contribution in [-0.2, 0) is 6.54 Å². The number of carbonyl (C=O) groups excluding carboxylic acids is 1. The number of amides is 1. The summed E-state index contributed by atoms with van der Waals surface area (Å²) >= 11 is 1.72. The van der Waals surface area contributed by atoms with E-state index < -0.39 is 0 Å². The zero-order valence-electron chi connectivity index (χ0n) is 14.2. The van der Waals surface area contributed by atoms with Crippen molar-refractivity contribution in [1.82, 2.24) is 14.8 Å². The molecule has 128 valence electrons. The number of aromatic nitrogens is 1. The van der Waals surface area contributed by atoms with Gasteiger partial charge in [-0.25, -0.2) is 4.98 Å². The van der Waals surface area contributed by atoms with E-state index >= 15 is 0 Å². The molecule has 1 aliphatic heterocycles. The largest absolute Gasteiger partial charge is 0.459 e. The summed E-state index contributed by atoms with van der Waals surface area (Å²) in [6.07, 6.45) is 6.89. The van der Waals surface area contributed by atoms with Gasteiger partial charge in [0, 0.05) is 36.3 Å². The Labute approximate surface area is 146 Å². The van der Waals surface area contributed by atoms with Crippen LogP contribution in [-0.4, -0.2) is 46.9 Å². The SMILES string of the molecule is Cc1ccoc1C(=O)N1CCC2(CC1)C[C@H]2N(C)Cc1nccs1. The topological polar surface area (TPSA) is 49.6 Å². The summed E-state index contributed by atoms with van der Waals surface area (Å²) in [6.45, 7) is 4.52. The van der Waals surface area contributed by atoms with Crippen molar-refractivity contribution in [3.8, 4) is 0 Å². The van der Waals surface area contributed by atoms with Crippen molar-refractivity contribution in [3.63, 3.8) is 0 Å². The maximum atomic E-state index is 12.6. The highest BCUT2D eigenvalue weighted by Crippen LogP contribution is 2.56. The van der Waals surface area contributed by atoms with E-state index in [9.17, 15) is 4.79 Å². The van der Waals surface area contributed by atoms with Crippen LogP contribution in [0.4, 0.5) is 0 Å². The number of hydrogen-bond acceptors (Lipinski definition) is 5. The number of rotatable bonds is 4. The first-order valence-electron chi connectivity index (χ1n) is 8.51.